The molecule has 3 nitrogen and oxygen atoms in total. The highest BCUT2D eigenvalue weighted by Gasteiger charge is 2.22. The highest BCUT2D eigenvalue weighted by Crippen LogP contribution is 2.20. The van der Waals surface area contributed by atoms with Crippen LogP contribution in [0.2, 0.25) is 0 Å². The molecule has 0 radical (unpaired) electrons. The molecule has 1 saturated heterocycles. The Morgan fingerprint density at radius 1 is 1.15 bits per heavy atom. The minimum absolute atomic E-state index is 0.690. The Bertz CT molecular complexity index is 220. The zero-order chi connectivity index (χ0) is 14.8. The van der Waals surface area contributed by atoms with Crippen LogP contribution in [0.4, 0.5) is 0 Å². The second-order valence-electron chi connectivity index (χ2n) is 6.30. The van der Waals surface area contributed by atoms with E-state index >= 15 is 0 Å². The van der Waals surface area contributed by atoms with Gasteiger partial charge in [0.1, 0.15) is 0 Å². The summed E-state index contributed by atoms with van der Waals surface area (Å²) in [5.41, 5.74) is 0. The molecule has 1 unspecified atom stereocenters. The van der Waals surface area contributed by atoms with E-state index in [0.29, 0.717) is 6.04 Å². The molecule has 1 aliphatic rings. The topological polar surface area (TPSA) is 18.5 Å². The molecule has 1 aliphatic heterocycles. The van der Waals surface area contributed by atoms with Gasteiger partial charge in [-0.15, -0.1) is 0 Å². The molecule has 0 bridgehead atoms. The molecule has 0 aromatic heterocycles. The van der Waals surface area contributed by atoms with E-state index in [2.05, 4.69) is 42.8 Å². The molecule has 1 atom stereocenters. The molecule has 1 fully saturated rings. The van der Waals surface area contributed by atoms with E-state index in [1.54, 1.807) is 0 Å². The van der Waals surface area contributed by atoms with E-state index in [0.717, 1.165) is 5.92 Å². The third kappa shape index (κ3) is 6.55. The molecule has 0 aromatic rings. The largest absolute Gasteiger partial charge is 0.314 e. The zero-order valence-electron chi connectivity index (χ0n) is 14.3. The fourth-order valence-corrected chi connectivity index (χ4v) is 3.33. The van der Waals surface area contributed by atoms with Crippen LogP contribution in [0.3, 0.4) is 0 Å². The number of nitrogens with zero attached hydrogens (tertiary/aromatic N) is 2. The molecule has 120 valence electrons. The van der Waals surface area contributed by atoms with Gasteiger partial charge in [0.15, 0.2) is 0 Å². The summed E-state index contributed by atoms with van der Waals surface area (Å²) in [5, 5.41) is 3.76. The van der Waals surface area contributed by atoms with Gasteiger partial charge in [-0.2, -0.15) is 0 Å². The predicted molar refractivity (Wildman–Crippen MR) is 89.3 cm³/mol. The molecule has 0 saturated carbocycles. The van der Waals surface area contributed by atoms with Crippen molar-refractivity contribution in [3.05, 3.63) is 0 Å². The van der Waals surface area contributed by atoms with Crippen molar-refractivity contribution < 1.29 is 0 Å². The van der Waals surface area contributed by atoms with Crippen molar-refractivity contribution in [3.8, 4) is 0 Å². The third-order valence-electron chi connectivity index (χ3n) is 4.89. The Labute approximate surface area is 127 Å². The summed E-state index contributed by atoms with van der Waals surface area (Å²) in [5.74, 6) is 0.886. The molecular weight excluding hydrogens is 246 g/mol. The first-order valence-corrected chi connectivity index (χ1v) is 8.89. The van der Waals surface area contributed by atoms with Gasteiger partial charge in [0.05, 0.1) is 0 Å². The van der Waals surface area contributed by atoms with Gasteiger partial charge in [-0.05, 0) is 84.3 Å². The standard InChI is InChI=1S/C17H37N3/c1-5-12-20-14-9-17(10-15-20)16(4)18-11-8-13-19(6-2)7-3/h16-18H,5-15H2,1-4H3. The van der Waals surface area contributed by atoms with E-state index in [1.165, 1.54) is 71.5 Å². The van der Waals surface area contributed by atoms with E-state index in [9.17, 15) is 0 Å². The minimum Gasteiger partial charge on any atom is -0.314 e. The fourth-order valence-electron chi connectivity index (χ4n) is 3.33. The van der Waals surface area contributed by atoms with Crippen LogP contribution in [0.25, 0.3) is 0 Å². The van der Waals surface area contributed by atoms with Gasteiger partial charge in [-0.3, -0.25) is 0 Å². The van der Waals surface area contributed by atoms with Crippen molar-refractivity contribution in [1.82, 2.24) is 15.1 Å². The van der Waals surface area contributed by atoms with Crippen LogP contribution in [0.1, 0.15) is 53.4 Å². The minimum atomic E-state index is 0.690. The monoisotopic (exact) mass is 283 g/mol. The average Bonchev–Trinajstić information content (AvgIpc) is 2.48. The van der Waals surface area contributed by atoms with Gasteiger partial charge < -0.3 is 15.1 Å². The molecule has 20 heavy (non-hydrogen) atoms. The normalized spacial score (nSPS) is 19.6. The molecule has 0 aliphatic carbocycles. The Kier molecular flexibility index (Phi) is 9.49. The summed E-state index contributed by atoms with van der Waals surface area (Å²) >= 11 is 0. The lowest BCUT2D eigenvalue weighted by Crippen LogP contribution is -2.42. The molecule has 1 heterocycles. The zero-order valence-corrected chi connectivity index (χ0v) is 14.3. The van der Waals surface area contributed by atoms with Gasteiger partial charge in [-0.25, -0.2) is 0 Å². The Hall–Kier alpha value is -0.120. The smallest absolute Gasteiger partial charge is 0.00679 e. The highest BCUT2D eigenvalue weighted by molar-refractivity contribution is 4.79. The molecule has 0 aromatic carbocycles. The van der Waals surface area contributed by atoms with Crippen LogP contribution < -0.4 is 5.32 Å². The van der Waals surface area contributed by atoms with Crippen molar-refractivity contribution in [2.75, 3.05) is 45.8 Å². The van der Waals surface area contributed by atoms with Crippen LogP contribution in [0.5, 0.6) is 0 Å². The fraction of sp³-hybridized carbons (Fsp3) is 1.00. The quantitative estimate of drug-likeness (QED) is 0.622. The van der Waals surface area contributed by atoms with Gasteiger partial charge in [0.25, 0.3) is 0 Å². The first-order valence-electron chi connectivity index (χ1n) is 8.89. The molecule has 0 spiro atoms. The Morgan fingerprint density at radius 3 is 2.35 bits per heavy atom. The maximum Gasteiger partial charge on any atom is 0.00679 e. The van der Waals surface area contributed by atoms with Crippen LogP contribution in [-0.2, 0) is 0 Å². The number of likely N-dealkylation sites (tertiary alicyclic amines) is 1. The number of nitrogens with one attached hydrogen (secondary N) is 1. The van der Waals surface area contributed by atoms with Gasteiger partial charge in [0, 0.05) is 6.04 Å². The van der Waals surface area contributed by atoms with Crippen molar-refractivity contribution in [2.45, 2.75) is 59.4 Å². The number of hydrogen-bond acceptors (Lipinski definition) is 3. The first-order chi connectivity index (χ1) is 9.71. The molecular formula is C17H37N3. The summed E-state index contributed by atoms with van der Waals surface area (Å²) < 4.78 is 0. The molecule has 1 N–H and O–H groups in total. The number of piperidine rings is 1. The first kappa shape index (κ1) is 17.9. The summed E-state index contributed by atoms with van der Waals surface area (Å²) in [6, 6.07) is 0.690. The molecule has 3 heteroatoms. The van der Waals surface area contributed by atoms with Crippen LogP contribution in [-0.4, -0.2) is 61.7 Å². The Morgan fingerprint density at radius 2 is 1.80 bits per heavy atom. The lowest BCUT2D eigenvalue weighted by Gasteiger charge is -2.35. The second-order valence-corrected chi connectivity index (χ2v) is 6.30. The third-order valence-corrected chi connectivity index (χ3v) is 4.89. The SMILES string of the molecule is CCCN1CCC(C(C)NCCCN(CC)CC)CC1. The van der Waals surface area contributed by atoms with Crippen molar-refractivity contribution >= 4 is 0 Å². The second kappa shape index (κ2) is 10.6. The number of hydrogen-bond donors (Lipinski definition) is 1. The predicted octanol–water partition coefficient (Wildman–Crippen LogP) is 2.82. The van der Waals surface area contributed by atoms with E-state index in [4.69, 9.17) is 0 Å². The van der Waals surface area contributed by atoms with Crippen LogP contribution >= 0.6 is 0 Å². The lowest BCUT2D eigenvalue weighted by atomic mass is 9.90. The van der Waals surface area contributed by atoms with Gasteiger partial charge in [-0.1, -0.05) is 20.8 Å². The van der Waals surface area contributed by atoms with E-state index < -0.39 is 0 Å². The van der Waals surface area contributed by atoms with Crippen LogP contribution in [0.15, 0.2) is 0 Å². The van der Waals surface area contributed by atoms with Crippen molar-refractivity contribution in [3.63, 3.8) is 0 Å². The molecule has 1 rings (SSSR count). The Balaban J connectivity index is 2.09. The van der Waals surface area contributed by atoms with E-state index in [-0.39, 0.29) is 0 Å². The maximum absolute atomic E-state index is 3.76. The van der Waals surface area contributed by atoms with Gasteiger partial charge in [0.2, 0.25) is 0 Å². The maximum atomic E-state index is 3.76. The summed E-state index contributed by atoms with van der Waals surface area (Å²) in [6.45, 7) is 17.9. The number of rotatable bonds is 10. The van der Waals surface area contributed by atoms with Crippen molar-refractivity contribution in [2.24, 2.45) is 5.92 Å². The van der Waals surface area contributed by atoms with Crippen LogP contribution in [0, 0.1) is 5.92 Å². The summed E-state index contributed by atoms with van der Waals surface area (Å²) in [4.78, 5) is 5.14. The van der Waals surface area contributed by atoms with Gasteiger partial charge >= 0.3 is 0 Å². The highest BCUT2D eigenvalue weighted by atomic mass is 15.1. The lowest BCUT2D eigenvalue weighted by molar-refractivity contribution is 0.162. The van der Waals surface area contributed by atoms with Crippen molar-refractivity contribution in [1.29, 1.82) is 0 Å². The molecule has 0 amide bonds. The average molecular weight is 284 g/mol. The summed E-state index contributed by atoms with van der Waals surface area (Å²) in [6.07, 6.45) is 5.33. The van der Waals surface area contributed by atoms with E-state index in [1.807, 2.05) is 0 Å². The summed E-state index contributed by atoms with van der Waals surface area (Å²) in [7, 11) is 0.